The summed E-state index contributed by atoms with van der Waals surface area (Å²) in [4.78, 5) is 0. The molecule has 3 nitrogen and oxygen atoms in total. The summed E-state index contributed by atoms with van der Waals surface area (Å²) in [6.07, 6.45) is 1.03. The molecular formula is C8H19NO2. The zero-order valence-electron chi connectivity index (χ0n) is 7.63. The van der Waals surface area contributed by atoms with Crippen molar-refractivity contribution in [1.82, 2.24) is 5.32 Å². The maximum Gasteiger partial charge on any atom is 0.0615 e. The number of methoxy groups -OCH3 is 1. The molecule has 0 rings (SSSR count). The van der Waals surface area contributed by atoms with Crippen molar-refractivity contribution in [2.75, 3.05) is 20.3 Å². The van der Waals surface area contributed by atoms with E-state index in [-0.39, 0.29) is 12.6 Å². The fourth-order valence-corrected chi connectivity index (χ4v) is 0.940. The lowest BCUT2D eigenvalue weighted by Crippen LogP contribution is -2.40. The SMILES string of the molecule is CCC(COC)NC(C)CO. The van der Waals surface area contributed by atoms with Gasteiger partial charge in [-0.05, 0) is 13.3 Å². The van der Waals surface area contributed by atoms with Crippen molar-refractivity contribution in [3.8, 4) is 0 Å². The van der Waals surface area contributed by atoms with Crippen molar-refractivity contribution in [3.63, 3.8) is 0 Å². The van der Waals surface area contributed by atoms with E-state index in [4.69, 9.17) is 9.84 Å². The van der Waals surface area contributed by atoms with Crippen LogP contribution in [-0.4, -0.2) is 37.5 Å². The van der Waals surface area contributed by atoms with E-state index in [1.807, 2.05) is 6.92 Å². The van der Waals surface area contributed by atoms with Gasteiger partial charge in [0.1, 0.15) is 0 Å². The molecule has 0 saturated carbocycles. The first kappa shape index (κ1) is 10.9. The van der Waals surface area contributed by atoms with E-state index in [9.17, 15) is 0 Å². The van der Waals surface area contributed by atoms with Gasteiger partial charge in [-0.2, -0.15) is 0 Å². The average molecular weight is 161 g/mol. The highest BCUT2D eigenvalue weighted by molar-refractivity contribution is 4.68. The number of hydrogen-bond acceptors (Lipinski definition) is 3. The van der Waals surface area contributed by atoms with Crippen LogP contribution >= 0.6 is 0 Å². The Morgan fingerprint density at radius 2 is 2.18 bits per heavy atom. The molecule has 11 heavy (non-hydrogen) atoms. The van der Waals surface area contributed by atoms with E-state index in [0.717, 1.165) is 6.42 Å². The van der Waals surface area contributed by atoms with Gasteiger partial charge < -0.3 is 15.2 Å². The van der Waals surface area contributed by atoms with Crippen molar-refractivity contribution >= 4 is 0 Å². The standard InChI is InChI=1S/C8H19NO2/c1-4-8(6-11-3)9-7(2)5-10/h7-10H,4-6H2,1-3H3. The predicted octanol–water partition coefficient (Wildman–Crippen LogP) is 0.382. The first-order valence-electron chi connectivity index (χ1n) is 4.10. The van der Waals surface area contributed by atoms with Crippen LogP contribution in [-0.2, 0) is 4.74 Å². The fourth-order valence-electron chi connectivity index (χ4n) is 0.940. The second kappa shape index (κ2) is 6.58. The van der Waals surface area contributed by atoms with E-state index in [2.05, 4.69) is 12.2 Å². The third kappa shape index (κ3) is 5.18. The molecule has 0 aromatic heterocycles. The molecule has 3 heteroatoms. The van der Waals surface area contributed by atoms with Crippen LogP contribution in [0.4, 0.5) is 0 Å². The summed E-state index contributed by atoms with van der Waals surface area (Å²) in [6.45, 7) is 4.94. The second-order valence-corrected chi connectivity index (χ2v) is 2.81. The third-order valence-corrected chi connectivity index (χ3v) is 1.65. The van der Waals surface area contributed by atoms with E-state index >= 15 is 0 Å². The number of nitrogens with one attached hydrogen (secondary N) is 1. The Balaban J connectivity index is 3.49. The van der Waals surface area contributed by atoms with Gasteiger partial charge in [-0.25, -0.2) is 0 Å². The number of hydrogen-bond donors (Lipinski definition) is 2. The van der Waals surface area contributed by atoms with Crippen LogP contribution in [0, 0.1) is 0 Å². The Morgan fingerprint density at radius 3 is 2.55 bits per heavy atom. The number of rotatable bonds is 6. The van der Waals surface area contributed by atoms with Gasteiger partial charge in [0.15, 0.2) is 0 Å². The molecule has 2 N–H and O–H groups in total. The second-order valence-electron chi connectivity index (χ2n) is 2.81. The lowest BCUT2D eigenvalue weighted by atomic mass is 10.2. The van der Waals surface area contributed by atoms with Gasteiger partial charge in [0, 0.05) is 19.2 Å². The Bertz CT molecular complexity index is 88.2. The lowest BCUT2D eigenvalue weighted by molar-refractivity contribution is 0.149. The maximum atomic E-state index is 8.74. The van der Waals surface area contributed by atoms with E-state index in [1.54, 1.807) is 7.11 Å². The molecule has 0 aromatic carbocycles. The summed E-state index contributed by atoms with van der Waals surface area (Å²) in [5.74, 6) is 0. The van der Waals surface area contributed by atoms with E-state index < -0.39 is 0 Å². The quantitative estimate of drug-likeness (QED) is 0.592. The summed E-state index contributed by atoms with van der Waals surface area (Å²) in [5.41, 5.74) is 0. The molecule has 0 aliphatic rings. The molecule has 68 valence electrons. The lowest BCUT2D eigenvalue weighted by Gasteiger charge is -2.19. The summed E-state index contributed by atoms with van der Waals surface area (Å²) in [7, 11) is 1.69. The zero-order valence-corrected chi connectivity index (χ0v) is 7.63. The molecule has 0 aliphatic heterocycles. The highest BCUT2D eigenvalue weighted by atomic mass is 16.5. The van der Waals surface area contributed by atoms with E-state index in [1.165, 1.54) is 0 Å². The molecule has 0 aliphatic carbocycles. The Hall–Kier alpha value is -0.120. The third-order valence-electron chi connectivity index (χ3n) is 1.65. The van der Waals surface area contributed by atoms with Gasteiger partial charge in [-0.1, -0.05) is 6.92 Å². The van der Waals surface area contributed by atoms with Crippen LogP contribution in [0.2, 0.25) is 0 Å². The zero-order chi connectivity index (χ0) is 8.69. The predicted molar refractivity (Wildman–Crippen MR) is 45.6 cm³/mol. The maximum absolute atomic E-state index is 8.74. The van der Waals surface area contributed by atoms with Gasteiger partial charge in [0.2, 0.25) is 0 Å². The number of aliphatic hydroxyl groups excluding tert-OH is 1. The molecule has 0 amide bonds. The minimum atomic E-state index is 0.162. The first-order valence-corrected chi connectivity index (χ1v) is 4.10. The van der Waals surface area contributed by atoms with Gasteiger partial charge in [-0.15, -0.1) is 0 Å². The Labute approximate surface area is 68.8 Å². The fraction of sp³-hybridized carbons (Fsp3) is 1.00. The van der Waals surface area contributed by atoms with Crippen LogP contribution in [0.15, 0.2) is 0 Å². The molecule has 0 aromatic rings. The van der Waals surface area contributed by atoms with Gasteiger partial charge >= 0.3 is 0 Å². The van der Waals surface area contributed by atoms with Crippen LogP contribution in [0.25, 0.3) is 0 Å². The topological polar surface area (TPSA) is 41.5 Å². The molecule has 2 atom stereocenters. The summed E-state index contributed by atoms with van der Waals surface area (Å²) in [5, 5.41) is 12.0. The molecule has 0 heterocycles. The van der Waals surface area contributed by atoms with Gasteiger partial charge in [-0.3, -0.25) is 0 Å². The molecule has 2 unspecified atom stereocenters. The first-order chi connectivity index (χ1) is 5.24. The molecule has 0 fully saturated rings. The van der Waals surface area contributed by atoms with Crippen LogP contribution in [0.1, 0.15) is 20.3 Å². The summed E-state index contributed by atoms with van der Waals surface area (Å²) in [6, 6.07) is 0.525. The largest absolute Gasteiger partial charge is 0.395 e. The average Bonchev–Trinajstić information content (AvgIpc) is 2.03. The van der Waals surface area contributed by atoms with Crippen LogP contribution < -0.4 is 5.32 Å². The van der Waals surface area contributed by atoms with Crippen molar-refractivity contribution in [3.05, 3.63) is 0 Å². The number of ether oxygens (including phenoxy) is 1. The van der Waals surface area contributed by atoms with Crippen LogP contribution in [0.5, 0.6) is 0 Å². The smallest absolute Gasteiger partial charge is 0.0615 e. The Kier molecular flexibility index (Phi) is 6.51. The summed E-state index contributed by atoms with van der Waals surface area (Å²) < 4.78 is 5.00. The number of aliphatic hydroxyl groups is 1. The van der Waals surface area contributed by atoms with Crippen molar-refractivity contribution in [1.29, 1.82) is 0 Å². The normalized spacial score (nSPS) is 16.4. The van der Waals surface area contributed by atoms with Crippen molar-refractivity contribution < 1.29 is 9.84 Å². The highest BCUT2D eigenvalue weighted by Crippen LogP contribution is 1.93. The Morgan fingerprint density at radius 1 is 1.55 bits per heavy atom. The summed E-state index contributed by atoms with van der Waals surface area (Å²) >= 11 is 0. The minimum absolute atomic E-state index is 0.162. The van der Waals surface area contributed by atoms with Gasteiger partial charge in [0.05, 0.1) is 13.2 Å². The molecule has 0 radical (unpaired) electrons. The molecular weight excluding hydrogens is 142 g/mol. The molecule has 0 spiro atoms. The highest BCUT2D eigenvalue weighted by Gasteiger charge is 2.07. The monoisotopic (exact) mass is 161 g/mol. The molecule has 0 bridgehead atoms. The van der Waals surface area contributed by atoms with Crippen molar-refractivity contribution in [2.24, 2.45) is 0 Å². The molecule has 0 saturated heterocycles. The van der Waals surface area contributed by atoms with E-state index in [0.29, 0.717) is 12.6 Å². The van der Waals surface area contributed by atoms with Gasteiger partial charge in [0.25, 0.3) is 0 Å². The van der Waals surface area contributed by atoms with Crippen molar-refractivity contribution in [2.45, 2.75) is 32.4 Å². The minimum Gasteiger partial charge on any atom is -0.395 e. The van der Waals surface area contributed by atoms with Crippen LogP contribution in [0.3, 0.4) is 0 Å².